The average molecular weight is 354 g/mol. The molecule has 1 amide bonds. The van der Waals surface area contributed by atoms with Crippen molar-refractivity contribution in [2.24, 2.45) is 0 Å². The molecule has 144 valence electrons. The summed E-state index contributed by atoms with van der Waals surface area (Å²) in [6.45, 7) is 5.37. The van der Waals surface area contributed by atoms with E-state index in [2.05, 4.69) is 16.8 Å². The first-order chi connectivity index (χ1) is 12.0. The SMILES string of the molecule is CN1CCN([C@H]2CCN(C(=O)CC3(O)CCCCC3)CC[C@@H]2O)CC1. The van der Waals surface area contributed by atoms with Crippen LogP contribution in [-0.2, 0) is 4.79 Å². The number of hydrogen-bond acceptors (Lipinski definition) is 5. The van der Waals surface area contributed by atoms with Gasteiger partial charge in [-0.25, -0.2) is 0 Å². The van der Waals surface area contributed by atoms with Gasteiger partial charge in [-0.2, -0.15) is 0 Å². The molecule has 1 saturated carbocycles. The van der Waals surface area contributed by atoms with Gasteiger partial charge in [0.1, 0.15) is 0 Å². The first-order valence-electron chi connectivity index (χ1n) is 10.1. The molecule has 6 heteroatoms. The molecule has 3 rings (SSSR count). The summed E-state index contributed by atoms with van der Waals surface area (Å²) >= 11 is 0. The van der Waals surface area contributed by atoms with Gasteiger partial charge in [0.05, 0.1) is 18.1 Å². The zero-order valence-electron chi connectivity index (χ0n) is 15.7. The molecule has 25 heavy (non-hydrogen) atoms. The molecule has 2 atom stereocenters. The normalized spacial score (nSPS) is 32.4. The molecular weight excluding hydrogens is 318 g/mol. The van der Waals surface area contributed by atoms with Gasteiger partial charge in [-0.1, -0.05) is 19.3 Å². The summed E-state index contributed by atoms with van der Waals surface area (Å²) in [5.74, 6) is 0.0654. The van der Waals surface area contributed by atoms with E-state index in [0.29, 0.717) is 19.5 Å². The van der Waals surface area contributed by atoms with Crippen molar-refractivity contribution in [2.45, 2.75) is 69.1 Å². The Morgan fingerprint density at radius 1 is 1.00 bits per heavy atom. The largest absolute Gasteiger partial charge is 0.391 e. The molecule has 0 aromatic rings. The Bertz CT molecular complexity index is 445. The number of carbonyl (C=O) groups excluding carboxylic acids is 1. The molecule has 0 unspecified atom stereocenters. The summed E-state index contributed by atoms with van der Waals surface area (Å²) in [6.07, 6.45) is 6.07. The lowest BCUT2D eigenvalue weighted by molar-refractivity contribution is -0.137. The Labute approximate surface area is 151 Å². The fourth-order valence-corrected chi connectivity index (χ4v) is 4.68. The van der Waals surface area contributed by atoms with Gasteiger partial charge in [-0.3, -0.25) is 9.69 Å². The minimum atomic E-state index is -0.795. The zero-order valence-corrected chi connectivity index (χ0v) is 15.7. The Balaban J connectivity index is 1.54. The Hall–Kier alpha value is -0.690. The van der Waals surface area contributed by atoms with Crippen molar-refractivity contribution in [1.29, 1.82) is 0 Å². The quantitative estimate of drug-likeness (QED) is 0.781. The lowest BCUT2D eigenvalue weighted by atomic mass is 9.82. The van der Waals surface area contributed by atoms with E-state index in [1.54, 1.807) is 0 Å². The van der Waals surface area contributed by atoms with Gasteiger partial charge in [0.2, 0.25) is 5.91 Å². The van der Waals surface area contributed by atoms with E-state index in [4.69, 9.17) is 0 Å². The van der Waals surface area contributed by atoms with Crippen molar-refractivity contribution < 1.29 is 15.0 Å². The van der Waals surface area contributed by atoms with Crippen molar-refractivity contribution in [1.82, 2.24) is 14.7 Å². The maximum atomic E-state index is 12.7. The number of nitrogens with zero attached hydrogens (tertiary/aromatic N) is 3. The van der Waals surface area contributed by atoms with Crippen LogP contribution in [0.4, 0.5) is 0 Å². The van der Waals surface area contributed by atoms with Crippen LogP contribution in [0, 0.1) is 0 Å². The number of amides is 1. The number of likely N-dealkylation sites (N-methyl/N-ethyl adjacent to an activating group) is 1. The second kappa shape index (κ2) is 8.33. The molecular formula is C19H35N3O3. The van der Waals surface area contributed by atoms with E-state index >= 15 is 0 Å². The topological polar surface area (TPSA) is 67.2 Å². The Kier molecular flexibility index (Phi) is 6.36. The van der Waals surface area contributed by atoms with Gasteiger partial charge in [-0.15, -0.1) is 0 Å². The molecule has 0 radical (unpaired) electrons. The van der Waals surface area contributed by atoms with Crippen LogP contribution < -0.4 is 0 Å². The van der Waals surface area contributed by atoms with E-state index in [1.165, 1.54) is 6.42 Å². The van der Waals surface area contributed by atoms with Crippen LogP contribution >= 0.6 is 0 Å². The summed E-state index contributed by atoms with van der Waals surface area (Å²) in [7, 11) is 2.14. The maximum Gasteiger partial charge on any atom is 0.225 e. The van der Waals surface area contributed by atoms with E-state index in [1.807, 2.05) is 4.90 Å². The van der Waals surface area contributed by atoms with Crippen LogP contribution in [0.1, 0.15) is 51.4 Å². The second-order valence-corrected chi connectivity index (χ2v) is 8.39. The van der Waals surface area contributed by atoms with Crippen LogP contribution in [0.15, 0.2) is 0 Å². The van der Waals surface area contributed by atoms with Gasteiger partial charge in [0.15, 0.2) is 0 Å². The standard InChI is InChI=1S/C19H35N3O3/c1-20-11-13-21(14-12-20)16-5-9-22(10-6-17(16)23)18(24)15-19(25)7-3-2-4-8-19/h16-17,23,25H,2-15H2,1H3/t16-,17-/m0/s1. The third-order valence-electron chi connectivity index (χ3n) is 6.46. The fourth-order valence-electron chi connectivity index (χ4n) is 4.68. The molecule has 0 bridgehead atoms. The number of aliphatic hydroxyl groups is 2. The maximum absolute atomic E-state index is 12.7. The summed E-state index contributed by atoms with van der Waals surface area (Å²) in [4.78, 5) is 19.3. The lowest BCUT2D eigenvalue weighted by Gasteiger charge is -2.39. The third-order valence-corrected chi connectivity index (χ3v) is 6.46. The highest BCUT2D eigenvalue weighted by Crippen LogP contribution is 2.31. The second-order valence-electron chi connectivity index (χ2n) is 8.39. The number of likely N-dealkylation sites (tertiary alicyclic amines) is 1. The molecule has 3 aliphatic rings. The van der Waals surface area contributed by atoms with Crippen molar-refractivity contribution in [3.05, 3.63) is 0 Å². The van der Waals surface area contributed by atoms with Gasteiger partial charge in [0.25, 0.3) is 0 Å². The smallest absolute Gasteiger partial charge is 0.225 e. The minimum Gasteiger partial charge on any atom is -0.391 e. The van der Waals surface area contributed by atoms with Crippen LogP contribution in [0.5, 0.6) is 0 Å². The molecule has 1 aliphatic carbocycles. The molecule has 2 aliphatic heterocycles. The number of aliphatic hydroxyl groups excluding tert-OH is 1. The molecule has 0 spiro atoms. The highest BCUT2D eigenvalue weighted by molar-refractivity contribution is 5.77. The van der Waals surface area contributed by atoms with Gasteiger partial charge < -0.3 is 20.0 Å². The number of rotatable bonds is 3. The van der Waals surface area contributed by atoms with E-state index in [-0.39, 0.29) is 24.5 Å². The van der Waals surface area contributed by atoms with Crippen LogP contribution in [0.3, 0.4) is 0 Å². The molecule has 0 aromatic carbocycles. The monoisotopic (exact) mass is 353 g/mol. The van der Waals surface area contributed by atoms with Crippen LogP contribution in [-0.4, -0.2) is 94.9 Å². The first-order valence-corrected chi connectivity index (χ1v) is 10.1. The summed E-state index contributed by atoms with van der Waals surface area (Å²) in [5, 5.41) is 21.3. The Morgan fingerprint density at radius 2 is 1.64 bits per heavy atom. The number of carbonyl (C=O) groups is 1. The average Bonchev–Trinajstić information content (AvgIpc) is 2.78. The molecule has 2 saturated heterocycles. The summed E-state index contributed by atoms with van der Waals surface area (Å²) in [6, 6.07) is 0.157. The van der Waals surface area contributed by atoms with Crippen molar-refractivity contribution in [3.8, 4) is 0 Å². The summed E-state index contributed by atoms with van der Waals surface area (Å²) < 4.78 is 0. The van der Waals surface area contributed by atoms with Gasteiger partial charge in [-0.05, 0) is 32.7 Å². The Morgan fingerprint density at radius 3 is 2.32 bits per heavy atom. The predicted molar refractivity (Wildman–Crippen MR) is 97.3 cm³/mol. The minimum absolute atomic E-state index is 0.0654. The molecule has 0 aromatic heterocycles. The number of piperazine rings is 1. The summed E-state index contributed by atoms with van der Waals surface area (Å²) in [5.41, 5.74) is -0.795. The zero-order chi connectivity index (χ0) is 17.9. The van der Waals surface area contributed by atoms with Crippen molar-refractivity contribution in [2.75, 3.05) is 46.3 Å². The highest BCUT2D eigenvalue weighted by atomic mass is 16.3. The van der Waals surface area contributed by atoms with Crippen molar-refractivity contribution in [3.63, 3.8) is 0 Å². The van der Waals surface area contributed by atoms with Crippen LogP contribution in [0.2, 0.25) is 0 Å². The molecule has 3 fully saturated rings. The fraction of sp³-hybridized carbons (Fsp3) is 0.947. The van der Waals surface area contributed by atoms with Crippen molar-refractivity contribution >= 4 is 5.91 Å². The van der Waals surface area contributed by atoms with Gasteiger partial charge in [0, 0.05) is 45.3 Å². The van der Waals surface area contributed by atoms with E-state index in [9.17, 15) is 15.0 Å². The predicted octanol–water partition coefficient (Wildman–Crippen LogP) is 0.671. The number of hydrogen-bond donors (Lipinski definition) is 2. The van der Waals surface area contributed by atoms with Gasteiger partial charge >= 0.3 is 0 Å². The van der Waals surface area contributed by atoms with E-state index in [0.717, 1.165) is 58.3 Å². The lowest BCUT2D eigenvalue weighted by Crippen LogP contribution is -2.52. The molecule has 2 heterocycles. The highest BCUT2D eigenvalue weighted by Gasteiger charge is 2.36. The molecule has 2 N–H and O–H groups in total. The first kappa shape index (κ1) is 19.1. The third kappa shape index (κ3) is 4.94. The van der Waals surface area contributed by atoms with E-state index < -0.39 is 5.60 Å². The van der Waals surface area contributed by atoms with Crippen LogP contribution in [0.25, 0.3) is 0 Å². The molecule has 6 nitrogen and oxygen atoms in total.